The molecule has 1 aromatic carbocycles. The Bertz CT molecular complexity index is 472. The third-order valence-electron chi connectivity index (χ3n) is 2.43. The number of amides is 1. The second-order valence-corrected chi connectivity index (χ2v) is 3.65. The molecule has 0 spiro atoms. The van der Waals surface area contributed by atoms with Crippen molar-refractivity contribution >= 4 is 11.9 Å². The molecule has 1 aliphatic heterocycles. The lowest BCUT2D eigenvalue weighted by molar-refractivity contribution is -0.152. The zero-order chi connectivity index (χ0) is 13.0. The van der Waals surface area contributed by atoms with Crippen LogP contribution >= 0.6 is 0 Å². The van der Waals surface area contributed by atoms with E-state index in [0.717, 1.165) is 12.7 Å². The van der Waals surface area contributed by atoms with E-state index >= 15 is 0 Å². The van der Waals surface area contributed by atoms with Crippen LogP contribution in [0.15, 0.2) is 18.2 Å². The molecule has 0 saturated heterocycles. The van der Waals surface area contributed by atoms with Gasteiger partial charge in [-0.25, -0.2) is 4.79 Å². The normalized spacial score (nSPS) is 12.7. The van der Waals surface area contributed by atoms with E-state index in [1.54, 1.807) is 18.2 Å². The lowest BCUT2D eigenvalue weighted by Crippen LogP contribution is -2.31. The number of fused-ring (bicyclic) bond motifs is 1. The monoisotopic (exact) mass is 251 g/mol. The van der Waals surface area contributed by atoms with Crippen molar-refractivity contribution in [3.05, 3.63) is 23.8 Å². The van der Waals surface area contributed by atoms with E-state index in [1.165, 1.54) is 0 Å². The molecule has 18 heavy (non-hydrogen) atoms. The van der Waals surface area contributed by atoms with Crippen molar-refractivity contribution < 1.29 is 23.8 Å². The summed E-state index contributed by atoms with van der Waals surface area (Å²) in [6, 6.07) is 5.34. The van der Waals surface area contributed by atoms with Gasteiger partial charge in [-0.15, -0.1) is 0 Å². The number of hydrogen-bond donors (Lipinski definition) is 1. The number of nitrogens with one attached hydrogen (secondary N) is 1. The van der Waals surface area contributed by atoms with E-state index in [0.29, 0.717) is 24.7 Å². The number of carbonyl (C=O) groups excluding carboxylic acids is 2. The Morgan fingerprint density at radius 1 is 1.28 bits per heavy atom. The van der Waals surface area contributed by atoms with Gasteiger partial charge in [0.2, 0.25) is 0 Å². The molecule has 1 aromatic rings. The van der Waals surface area contributed by atoms with Crippen molar-refractivity contribution in [3.63, 3.8) is 0 Å². The fourth-order valence-electron chi connectivity index (χ4n) is 1.54. The topological polar surface area (TPSA) is 73.9 Å². The quantitative estimate of drug-likeness (QED) is 0.602. The third kappa shape index (κ3) is 2.71. The summed E-state index contributed by atoms with van der Waals surface area (Å²) in [5.41, 5.74) is 0.816. The molecule has 1 aliphatic rings. The molecular formula is C12H13NO5. The fourth-order valence-corrected chi connectivity index (χ4v) is 1.54. The first-order valence-corrected chi connectivity index (χ1v) is 5.45. The van der Waals surface area contributed by atoms with E-state index in [9.17, 15) is 9.59 Å². The van der Waals surface area contributed by atoms with Crippen molar-refractivity contribution in [2.45, 2.75) is 6.54 Å². The van der Waals surface area contributed by atoms with Crippen LogP contribution in [0.5, 0.6) is 11.5 Å². The molecule has 0 atom stereocenters. The Hall–Kier alpha value is -2.24. The Labute approximate surface area is 104 Å². The molecule has 0 saturated carbocycles. The van der Waals surface area contributed by atoms with Crippen LogP contribution in [0.1, 0.15) is 5.56 Å². The number of hydrogen-bond acceptors (Lipinski definition) is 5. The van der Waals surface area contributed by atoms with Crippen LogP contribution in [-0.2, 0) is 20.9 Å². The Kier molecular flexibility index (Phi) is 3.66. The van der Waals surface area contributed by atoms with Gasteiger partial charge in [0, 0.05) is 6.54 Å². The molecule has 96 valence electrons. The van der Waals surface area contributed by atoms with Gasteiger partial charge in [0.05, 0.1) is 7.11 Å². The Morgan fingerprint density at radius 3 is 2.72 bits per heavy atom. The molecule has 0 fully saturated rings. The lowest BCUT2D eigenvalue weighted by atomic mass is 10.2. The van der Waals surface area contributed by atoms with Gasteiger partial charge in [-0.05, 0) is 17.7 Å². The molecule has 2 rings (SSSR count). The molecule has 0 aliphatic carbocycles. The zero-order valence-electron chi connectivity index (χ0n) is 9.89. The van der Waals surface area contributed by atoms with E-state index in [-0.39, 0.29) is 6.54 Å². The van der Waals surface area contributed by atoms with Crippen LogP contribution in [0.3, 0.4) is 0 Å². The SMILES string of the molecule is COC(=O)C(=O)NCc1ccc2c(c1)OCCO2. The highest BCUT2D eigenvalue weighted by Crippen LogP contribution is 2.30. The average molecular weight is 251 g/mol. The first-order chi connectivity index (χ1) is 8.70. The number of esters is 1. The maximum absolute atomic E-state index is 11.2. The minimum Gasteiger partial charge on any atom is -0.486 e. The molecular weight excluding hydrogens is 238 g/mol. The smallest absolute Gasteiger partial charge is 0.396 e. The Morgan fingerprint density at radius 2 is 2.00 bits per heavy atom. The lowest BCUT2D eigenvalue weighted by Gasteiger charge is -2.18. The molecule has 6 nitrogen and oxygen atoms in total. The third-order valence-corrected chi connectivity index (χ3v) is 2.43. The summed E-state index contributed by atoms with van der Waals surface area (Å²) in [6.45, 7) is 1.26. The second kappa shape index (κ2) is 5.39. The predicted octanol–water partition coefficient (Wildman–Crippen LogP) is 0.247. The molecule has 1 heterocycles. The van der Waals surface area contributed by atoms with Gasteiger partial charge in [0.25, 0.3) is 0 Å². The molecule has 1 N–H and O–H groups in total. The van der Waals surface area contributed by atoms with Crippen molar-refractivity contribution in [2.24, 2.45) is 0 Å². The molecule has 0 aromatic heterocycles. The molecule has 0 unspecified atom stereocenters. The van der Waals surface area contributed by atoms with Crippen LogP contribution in [0.25, 0.3) is 0 Å². The first-order valence-electron chi connectivity index (χ1n) is 5.45. The van der Waals surface area contributed by atoms with Gasteiger partial charge < -0.3 is 19.5 Å². The van der Waals surface area contributed by atoms with E-state index < -0.39 is 11.9 Å². The van der Waals surface area contributed by atoms with Gasteiger partial charge >= 0.3 is 11.9 Å². The largest absolute Gasteiger partial charge is 0.486 e. The standard InChI is InChI=1S/C12H13NO5/c1-16-12(15)11(14)13-7-8-2-3-9-10(6-8)18-5-4-17-9/h2-3,6H,4-5,7H2,1H3,(H,13,14). The second-order valence-electron chi connectivity index (χ2n) is 3.65. The maximum atomic E-state index is 11.2. The minimum atomic E-state index is -0.910. The van der Waals surface area contributed by atoms with Crippen LogP contribution in [0.4, 0.5) is 0 Å². The molecule has 0 radical (unpaired) electrons. The van der Waals surface area contributed by atoms with E-state index in [1.807, 2.05) is 0 Å². The van der Waals surface area contributed by atoms with Crippen LogP contribution in [0, 0.1) is 0 Å². The zero-order valence-corrected chi connectivity index (χ0v) is 9.89. The van der Waals surface area contributed by atoms with Crippen LogP contribution in [0.2, 0.25) is 0 Å². The van der Waals surface area contributed by atoms with Gasteiger partial charge in [-0.3, -0.25) is 4.79 Å². The Balaban J connectivity index is 1.98. The minimum absolute atomic E-state index is 0.227. The van der Waals surface area contributed by atoms with E-state index in [2.05, 4.69) is 10.1 Å². The van der Waals surface area contributed by atoms with Gasteiger partial charge in [-0.2, -0.15) is 0 Å². The van der Waals surface area contributed by atoms with Gasteiger partial charge in [0.1, 0.15) is 13.2 Å². The highest BCUT2D eigenvalue weighted by atomic mass is 16.6. The maximum Gasteiger partial charge on any atom is 0.396 e. The number of rotatable bonds is 2. The summed E-state index contributed by atoms with van der Waals surface area (Å²) >= 11 is 0. The van der Waals surface area contributed by atoms with Gasteiger partial charge in [-0.1, -0.05) is 6.07 Å². The highest BCUT2D eigenvalue weighted by Gasteiger charge is 2.14. The summed E-state index contributed by atoms with van der Waals surface area (Å²) in [4.78, 5) is 22.1. The van der Waals surface area contributed by atoms with Crippen molar-refractivity contribution in [1.82, 2.24) is 5.32 Å². The fraction of sp³-hybridized carbons (Fsp3) is 0.333. The molecule has 6 heteroatoms. The number of ether oxygens (including phenoxy) is 3. The summed E-state index contributed by atoms with van der Waals surface area (Å²) in [6.07, 6.45) is 0. The predicted molar refractivity (Wildman–Crippen MR) is 61.3 cm³/mol. The average Bonchev–Trinajstić information content (AvgIpc) is 2.43. The summed E-state index contributed by atoms with van der Waals surface area (Å²) in [5, 5.41) is 2.45. The highest BCUT2D eigenvalue weighted by molar-refractivity contribution is 6.32. The number of carbonyl (C=O) groups is 2. The van der Waals surface area contributed by atoms with Crippen molar-refractivity contribution in [3.8, 4) is 11.5 Å². The van der Waals surface area contributed by atoms with Gasteiger partial charge in [0.15, 0.2) is 11.5 Å². The van der Waals surface area contributed by atoms with E-state index in [4.69, 9.17) is 9.47 Å². The molecule has 0 bridgehead atoms. The van der Waals surface area contributed by atoms with Crippen LogP contribution in [-0.4, -0.2) is 32.2 Å². The summed E-state index contributed by atoms with van der Waals surface area (Å²) in [7, 11) is 1.16. The number of benzene rings is 1. The summed E-state index contributed by atoms with van der Waals surface area (Å²) < 4.78 is 15.1. The van der Waals surface area contributed by atoms with Crippen molar-refractivity contribution in [1.29, 1.82) is 0 Å². The number of methoxy groups -OCH3 is 1. The molecule has 1 amide bonds. The van der Waals surface area contributed by atoms with Crippen molar-refractivity contribution in [2.75, 3.05) is 20.3 Å². The van der Waals surface area contributed by atoms with Crippen LogP contribution < -0.4 is 14.8 Å². The summed E-state index contributed by atoms with van der Waals surface area (Å²) in [5.74, 6) is -0.352. The first kappa shape index (κ1) is 12.2.